The van der Waals surface area contributed by atoms with Crippen LogP contribution in [0.2, 0.25) is 0 Å². The fourth-order valence-corrected chi connectivity index (χ4v) is 3.76. The van der Waals surface area contributed by atoms with Gasteiger partial charge in [0.05, 0.1) is 4.90 Å². The molecule has 0 unspecified atom stereocenters. The van der Waals surface area contributed by atoms with Gasteiger partial charge < -0.3 is 0 Å². The Hall–Kier alpha value is -2.02. The van der Waals surface area contributed by atoms with Gasteiger partial charge in [0.1, 0.15) is 0 Å². The maximum absolute atomic E-state index is 12.3. The lowest BCUT2D eigenvalue weighted by molar-refractivity contribution is 0.581. The molecule has 0 aliphatic rings. The van der Waals surface area contributed by atoms with E-state index in [9.17, 15) is 8.42 Å². The maximum Gasteiger partial charge on any atom is 0.240 e. The van der Waals surface area contributed by atoms with Crippen LogP contribution in [0.3, 0.4) is 0 Å². The molecule has 0 saturated heterocycles. The van der Waals surface area contributed by atoms with Gasteiger partial charge >= 0.3 is 0 Å². The quantitative estimate of drug-likeness (QED) is 0.781. The molecule has 0 atom stereocenters. The molecule has 22 heavy (non-hydrogen) atoms. The summed E-state index contributed by atoms with van der Waals surface area (Å²) >= 11 is 1.62. The molecule has 0 aliphatic carbocycles. The standard InChI is InChI=1S/C16H14N2O2S2/c19-22(20,18-12-13-3-1-9-17-11-13)15-7-5-14(6-8-15)16-4-2-10-21-16/h1-11,18H,12H2. The molecule has 3 rings (SSSR count). The second kappa shape index (κ2) is 6.39. The second-order valence-electron chi connectivity index (χ2n) is 4.69. The predicted octanol–water partition coefficient (Wildman–Crippen LogP) is 3.29. The largest absolute Gasteiger partial charge is 0.264 e. The highest BCUT2D eigenvalue weighted by molar-refractivity contribution is 7.89. The Morgan fingerprint density at radius 3 is 2.50 bits per heavy atom. The van der Waals surface area contributed by atoms with Crippen LogP contribution in [0.5, 0.6) is 0 Å². The number of hydrogen-bond donors (Lipinski definition) is 1. The van der Waals surface area contributed by atoms with E-state index >= 15 is 0 Å². The molecule has 0 fully saturated rings. The summed E-state index contributed by atoms with van der Waals surface area (Å²) in [6.45, 7) is 0.225. The zero-order chi connectivity index (χ0) is 15.4. The molecule has 6 heteroatoms. The van der Waals surface area contributed by atoms with Gasteiger partial charge in [-0.2, -0.15) is 0 Å². The summed E-state index contributed by atoms with van der Waals surface area (Å²) in [5.41, 5.74) is 1.84. The fraction of sp³-hybridized carbons (Fsp3) is 0.0625. The summed E-state index contributed by atoms with van der Waals surface area (Å²) in [6.07, 6.45) is 3.30. The van der Waals surface area contributed by atoms with Crippen LogP contribution in [0.1, 0.15) is 5.56 Å². The molecule has 3 aromatic rings. The zero-order valence-electron chi connectivity index (χ0n) is 11.6. The van der Waals surface area contributed by atoms with E-state index in [0.717, 1.165) is 16.0 Å². The summed E-state index contributed by atoms with van der Waals surface area (Å²) in [6, 6.07) is 14.5. The summed E-state index contributed by atoms with van der Waals surface area (Å²) in [4.78, 5) is 5.34. The number of aromatic nitrogens is 1. The van der Waals surface area contributed by atoms with Crippen molar-refractivity contribution in [1.82, 2.24) is 9.71 Å². The Morgan fingerprint density at radius 1 is 1.05 bits per heavy atom. The molecule has 0 amide bonds. The van der Waals surface area contributed by atoms with Gasteiger partial charge in [0.2, 0.25) is 10.0 Å². The van der Waals surface area contributed by atoms with Crippen molar-refractivity contribution in [3.63, 3.8) is 0 Å². The maximum atomic E-state index is 12.3. The Labute approximate surface area is 133 Å². The van der Waals surface area contributed by atoms with Crippen molar-refractivity contribution in [3.8, 4) is 10.4 Å². The number of thiophene rings is 1. The number of rotatable bonds is 5. The summed E-state index contributed by atoms with van der Waals surface area (Å²) in [5, 5.41) is 2.00. The average molecular weight is 330 g/mol. The van der Waals surface area contributed by atoms with Crippen LogP contribution in [0.4, 0.5) is 0 Å². The van der Waals surface area contributed by atoms with Crippen molar-refractivity contribution in [2.45, 2.75) is 11.4 Å². The fourth-order valence-electron chi connectivity index (χ4n) is 2.01. The van der Waals surface area contributed by atoms with Gasteiger partial charge in [-0.25, -0.2) is 13.1 Å². The number of pyridine rings is 1. The third-order valence-corrected chi connectivity index (χ3v) is 5.50. The van der Waals surface area contributed by atoms with E-state index in [4.69, 9.17) is 0 Å². The van der Waals surface area contributed by atoms with E-state index in [0.29, 0.717) is 0 Å². The molecule has 4 nitrogen and oxygen atoms in total. The lowest BCUT2D eigenvalue weighted by atomic mass is 10.2. The summed E-state index contributed by atoms with van der Waals surface area (Å²) in [5.74, 6) is 0. The zero-order valence-corrected chi connectivity index (χ0v) is 13.3. The third kappa shape index (κ3) is 3.41. The van der Waals surface area contributed by atoms with E-state index in [1.807, 2.05) is 35.7 Å². The first-order valence-corrected chi connectivity index (χ1v) is 9.04. The van der Waals surface area contributed by atoms with Crippen LogP contribution in [0, 0.1) is 0 Å². The van der Waals surface area contributed by atoms with Crippen molar-refractivity contribution in [2.75, 3.05) is 0 Å². The van der Waals surface area contributed by atoms with E-state index in [2.05, 4.69) is 9.71 Å². The molecule has 1 aromatic carbocycles. The van der Waals surface area contributed by atoms with Crippen molar-refractivity contribution < 1.29 is 8.42 Å². The molecule has 0 radical (unpaired) electrons. The van der Waals surface area contributed by atoms with Crippen LogP contribution < -0.4 is 4.72 Å². The van der Waals surface area contributed by atoms with E-state index < -0.39 is 10.0 Å². The van der Waals surface area contributed by atoms with Gasteiger partial charge in [-0.15, -0.1) is 11.3 Å². The number of hydrogen-bond acceptors (Lipinski definition) is 4. The van der Waals surface area contributed by atoms with Crippen molar-refractivity contribution >= 4 is 21.4 Å². The minimum absolute atomic E-state index is 0.225. The van der Waals surface area contributed by atoms with Crippen molar-refractivity contribution in [3.05, 3.63) is 71.9 Å². The van der Waals surface area contributed by atoms with E-state index in [1.54, 1.807) is 41.9 Å². The lowest BCUT2D eigenvalue weighted by Crippen LogP contribution is -2.23. The van der Waals surface area contributed by atoms with Gasteiger partial charge in [0.25, 0.3) is 0 Å². The van der Waals surface area contributed by atoms with Crippen LogP contribution in [0.25, 0.3) is 10.4 Å². The molecule has 2 aromatic heterocycles. The van der Waals surface area contributed by atoms with Gasteiger partial charge in [0.15, 0.2) is 0 Å². The summed E-state index contributed by atoms with van der Waals surface area (Å²) < 4.78 is 27.1. The molecule has 0 bridgehead atoms. The number of nitrogens with one attached hydrogen (secondary N) is 1. The Morgan fingerprint density at radius 2 is 1.86 bits per heavy atom. The summed E-state index contributed by atoms with van der Waals surface area (Å²) in [7, 11) is -3.52. The Bertz CT molecular complexity index is 828. The minimum atomic E-state index is -3.52. The van der Waals surface area contributed by atoms with E-state index in [-0.39, 0.29) is 11.4 Å². The molecule has 0 aliphatic heterocycles. The Balaban J connectivity index is 1.75. The first kappa shape index (κ1) is 14.9. The molecule has 0 saturated carbocycles. The van der Waals surface area contributed by atoms with Crippen LogP contribution in [-0.4, -0.2) is 13.4 Å². The molecule has 0 spiro atoms. The van der Waals surface area contributed by atoms with Crippen LogP contribution >= 0.6 is 11.3 Å². The molecule has 1 N–H and O–H groups in total. The van der Waals surface area contributed by atoms with Gasteiger partial charge in [-0.05, 0) is 40.8 Å². The van der Waals surface area contributed by atoms with Crippen molar-refractivity contribution in [1.29, 1.82) is 0 Å². The lowest BCUT2D eigenvalue weighted by Gasteiger charge is -2.07. The predicted molar refractivity (Wildman–Crippen MR) is 88.0 cm³/mol. The SMILES string of the molecule is O=S(=O)(NCc1cccnc1)c1ccc(-c2cccs2)cc1. The monoisotopic (exact) mass is 330 g/mol. The van der Waals surface area contributed by atoms with Crippen LogP contribution in [-0.2, 0) is 16.6 Å². The highest BCUT2D eigenvalue weighted by Gasteiger charge is 2.13. The highest BCUT2D eigenvalue weighted by Crippen LogP contribution is 2.25. The average Bonchev–Trinajstić information content (AvgIpc) is 3.09. The first-order valence-electron chi connectivity index (χ1n) is 6.68. The van der Waals surface area contributed by atoms with Gasteiger partial charge in [-0.3, -0.25) is 4.98 Å². The normalized spacial score (nSPS) is 11.5. The smallest absolute Gasteiger partial charge is 0.240 e. The van der Waals surface area contributed by atoms with Gasteiger partial charge in [-0.1, -0.05) is 24.3 Å². The van der Waals surface area contributed by atoms with Gasteiger partial charge in [0, 0.05) is 23.8 Å². The Kier molecular flexibility index (Phi) is 4.33. The minimum Gasteiger partial charge on any atom is -0.264 e. The molecule has 112 valence electrons. The first-order chi connectivity index (χ1) is 10.6. The molecule has 2 heterocycles. The van der Waals surface area contributed by atoms with Crippen molar-refractivity contribution in [2.24, 2.45) is 0 Å². The van der Waals surface area contributed by atoms with E-state index in [1.165, 1.54) is 0 Å². The highest BCUT2D eigenvalue weighted by atomic mass is 32.2. The van der Waals surface area contributed by atoms with Crippen LogP contribution in [0.15, 0.2) is 71.2 Å². The number of nitrogens with zero attached hydrogens (tertiary/aromatic N) is 1. The molecular weight excluding hydrogens is 316 g/mol. The second-order valence-corrected chi connectivity index (χ2v) is 7.40. The number of sulfonamides is 1. The third-order valence-electron chi connectivity index (χ3n) is 3.16. The number of benzene rings is 1. The topological polar surface area (TPSA) is 59.1 Å². The molecular formula is C16H14N2O2S2.